The molecule has 0 aromatic rings. The van der Waals surface area contributed by atoms with Crippen LogP contribution in [0.15, 0.2) is 0 Å². The molecule has 0 saturated heterocycles. The Labute approximate surface area is 85.3 Å². The van der Waals surface area contributed by atoms with Crippen molar-refractivity contribution in [2.45, 2.75) is 51.4 Å². The van der Waals surface area contributed by atoms with Crippen molar-refractivity contribution in [2.24, 2.45) is 11.3 Å². The minimum Gasteiger partial charge on any atom is -0.300 e. The summed E-state index contributed by atoms with van der Waals surface area (Å²) >= 11 is 0. The number of ketones is 1. The molecule has 0 spiro atoms. The third kappa shape index (κ3) is 1.56. The van der Waals surface area contributed by atoms with Gasteiger partial charge in [-0.1, -0.05) is 12.8 Å². The van der Waals surface area contributed by atoms with Gasteiger partial charge in [0.1, 0.15) is 5.78 Å². The molecule has 0 radical (unpaired) electrons. The van der Waals surface area contributed by atoms with Crippen molar-refractivity contribution in [1.82, 2.24) is 0 Å². The van der Waals surface area contributed by atoms with Gasteiger partial charge in [-0.05, 0) is 30.6 Å². The van der Waals surface area contributed by atoms with Crippen LogP contribution in [0.3, 0.4) is 0 Å². The van der Waals surface area contributed by atoms with Crippen LogP contribution >= 0.6 is 0 Å². The highest BCUT2D eigenvalue weighted by molar-refractivity contribution is 5.79. The summed E-state index contributed by atoms with van der Waals surface area (Å²) in [5.41, 5.74) is 0.223. The molecular formula is C12H17NO. The lowest BCUT2D eigenvalue weighted by atomic mass is 9.58. The number of Topliss-reactive ketones (excluding diaryl/α,β-unsaturated/α-hetero) is 1. The molecule has 76 valence electrons. The fraction of sp³-hybridized carbons (Fsp3) is 0.833. The van der Waals surface area contributed by atoms with Gasteiger partial charge < -0.3 is 0 Å². The van der Waals surface area contributed by atoms with Crippen LogP contribution in [0.5, 0.6) is 0 Å². The quantitative estimate of drug-likeness (QED) is 0.639. The molecule has 2 aliphatic rings. The first-order valence-corrected chi connectivity index (χ1v) is 5.65. The SMILES string of the molecule is N#CCC12CCCCC1CC(=O)CC2. The lowest BCUT2D eigenvalue weighted by Crippen LogP contribution is -2.39. The van der Waals surface area contributed by atoms with Gasteiger partial charge in [-0.25, -0.2) is 0 Å². The smallest absolute Gasteiger partial charge is 0.133 e. The van der Waals surface area contributed by atoms with Crippen molar-refractivity contribution in [3.63, 3.8) is 0 Å². The van der Waals surface area contributed by atoms with Crippen LogP contribution in [0.2, 0.25) is 0 Å². The summed E-state index contributed by atoms with van der Waals surface area (Å²) in [6.07, 6.45) is 7.98. The molecule has 2 rings (SSSR count). The molecule has 2 heteroatoms. The second-order valence-electron chi connectivity index (χ2n) is 4.88. The van der Waals surface area contributed by atoms with Crippen molar-refractivity contribution in [3.8, 4) is 6.07 Å². The van der Waals surface area contributed by atoms with Gasteiger partial charge in [-0.2, -0.15) is 5.26 Å². The number of hydrogen-bond donors (Lipinski definition) is 0. The number of nitrogens with zero attached hydrogens (tertiary/aromatic N) is 1. The molecule has 0 aromatic carbocycles. The summed E-state index contributed by atoms with van der Waals surface area (Å²) in [4.78, 5) is 11.4. The maximum atomic E-state index is 11.4. The Balaban J connectivity index is 2.16. The maximum absolute atomic E-state index is 11.4. The zero-order valence-electron chi connectivity index (χ0n) is 8.59. The predicted molar refractivity (Wildman–Crippen MR) is 53.5 cm³/mol. The molecule has 14 heavy (non-hydrogen) atoms. The molecule has 0 bridgehead atoms. The van der Waals surface area contributed by atoms with Crippen molar-refractivity contribution in [1.29, 1.82) is 5.26 Å². The van der Waals surface area contributed by atoms with Crippen LogP contribution in [-0.4, -0.2) is 5.78 Å². The van der Waals surface area contributed by atoms with E-state index in [2.05, 4.69) is 6.07 Å². The van der Waals surface area contributed by atoms with Gasteiger partial charge in [0.15, 0.2) is 0 Å². The van der Waals surface area contributed by atoms with E-state index < -0.39 is 0 Å². The summed E-state index contributed by atoms with van der Waals surface area (Å²) in [5.74, 6) is 0.947. The summed E-state index contributed by atoms with van der Waals surface area (Å²) in [6.45, 7) is 0. The van der Waals surface area contributed by atoms with E-state index >= 15 is 0 Å². The minimum atomic E-state index is 0.223. The van der Waals surface area contributed by atoms with E-state index in [0.29, 0.717) is 18.1 Å². The summed E-state index contributed by atoms with van der Waals surface area (Å²) < 4.78 is 0. The van der Waals surface area contributed by atoms with Gasteiger partial charge in [0.25, 0.3) is 0 Å². The molecule has 2 nitrogen and oxygen atoms in total. The molecule has 2 saturated carbocycles. The first-order chi connectivity index (χ1) is 6.77. The zero-order valence-corrected chi connectivity index (χ0v) is 8.59. The number of fused-ring (bicyclic) bond motifs is 1. The Hall–Kier alpha value is -0.840. The maximum Gasteiger partial charge on any atom is 0.133 e. The molecule has 2 atom stereocenters. The summed E-state index contributed by atoms with van der Waals surface area (Å²) in [6, 6.07) is 2.33. The van der Waals surface area contributed by atoms with Crippen molar-refractivity contribution >= 4 is 5.78 Å². The number of carbonyl (C=O) groups excluding carboxylic acids is 1. The Kier molecular flexibility index (Phi) is 2.58. The van der Waals surface area contributed by atoms with Crippen molar-refractivity contribution < 1.29 is 4.79 Å². The van der Waals surface area contributed by atoms with Gasteiger partial charge in [0.05, 0.1) is 6.07 Å². The zero-order chi connectivity index (χ0) is 10.0. The number of rotatable bonds is 1. The Morgan fingerprint density at radius 1 is 1.43 bits per heavy atom. The molecule has 0 heterocycles. The van der Waals surface area contributed by atoms with E-state index in [9.17, 15) is 4.79 Å². The van der Waals surface area contributed by atoms with E-state index in [0.717, 1.165) is 19.3 Å². The predicted octanol–water partition coefficient (Wildman–Crippen LogP) is 2.83. The standard InChI is InChI=1S/C12H17NO/c13-8-7-12-5-2-1-3-10(12)9-11(14)4-6-12/h10H,1-7,9H2. The molecule has 2 unspecified atom stereocenters. The fourth-order valence-electron chi connectivity index (χ4n) is 3.27. The van der Waals surface area contributed by atoms with E-state index in [1.54, 1.807) is 0 Å². The second kappa shape index (κ2) is 3.73. The first-order valence-electron chi connectivity index (χ1n) is 5.65. The van der Waals surface area contributed by atoms with Crippen LogP contribution in [0.4, 0.5) is 0 Å². The first kappa shape index (κ1) is 9.71. The molecular weight excluding hydrogens is 174 g/mol. The number of nitriles is 1. The minimum absolute atomic E-state index is 0.223. The molecule has 2 fully saturated rings. The molecule has 0 aromatic heterocycles. The monoisotopic (exact) mass is 191 g/mol. The third-order valence-corrected chi connectivity index (χ3v) is 4.15. The van der Waals surface area contributed by atoms with Crippen molar-refractivity contribution in [3.05, 3.63) is 0 Å². The summed E-state index contributed by atoms with van der Waals surface area (Å²) in [5, 5.41) is 8.88. The van der Waals surface area contributed by atoms with E-state index in [1.165, 1.54) is 25.7 Å². The van der Waals surface area contributed by atoms with Gasteiger partial charge in [0, 0.05) is 19.3 Å². The highest BCUT2D eigenvalue weighted by atomic mass is 16.1. The molecule has 0 N–H and O–H groups in total. The fourth-order valence-corrected chi connectivity index (χ4v) is 3.27. The van der Waals surface area contributed by atoms with Crippen LogP contribution in [0, 0.1) is 22.7 Å². The van der Waals surface area contributed by atoms with Gasteiger partial charge in [-0.15, -0.1) is 0 Å². The lowest BCUT2D eigenvalue weighted by molar-refractivity contribution is -0.126. The Morgan fingerprint density at radius 2 is 2.29 bits per heavy atom. The van der Waals surface area contributed by atoms with Crippen LogP contribution in [0.25, 0.3) is 0 Å². The van der Waals surface area contributed by atoms with E-state index in [4.69, 9.17) is 5.26 Å². The third-order valence-electron chi connectivity index (χ3n) is 4.15. The average molecular weight is 191 g/mol. The van der Waals surface area contributed by atoms with Crippen LogP contribution in [-0.2, 0) is 4.79 Å². The molecule has 0 aliphatic heterocycles. The lowest BCUT2D eigenvalue weighted by Gasteiger charge is -2.45. The highest BCUT2D eigenvalue weighted by Gasteiger charge is 2.44. The number of hydrogen-bond acceptors (Lipinski definition) is 2. The highest BCUT2D eigenvalue weighted by Crippen LogP contribution is 2.51. The Morgan fingerprint density at radius 3 is 3.07 bits per heavy atom. The normalized spacial score (nSPS) is 37.4. The largest absolute Gasteiger partial charge is 0.300 e. The van der Waals surface area contributed by atoms with Crippen LogP contribution in [0.1, 0.15) is 51.4 Å². The van der Waals surface area contributed by atoms with Gasteiger partial charge in [-0.3, -0.25) is 4.79 Å². The second-order valence-corrected chi connectivity index (χ2v) is 4.88. The van der Waals surface area contributed by atoms with Gasteiger partial charge in [0.2, 0.25) is 0 Å². The van der Waals surface area contributed by atoms with E-state index in [1.807, 2.05) is 0 Å². The van der Waals surface area contributed by atoms with Gasteiger partial charge >= 0.3 is 0 Å². The Bertz CT molecular complexity index is 279. The van der Waals surface area contributed by atoms with E-state index in [-0.39, 0.29) is 5.41 Å². The molecule has 2 aliphatic carbocycles. The average Bonchev–Trinajstić information content (AvgIpc) is 2.19. The van der Waals surface area contributed by atoms with Crippen LogP contribution < -0.4 is 0 Å². The number of carbonyl (C=O) groups is 1. The molecule has 0 amide bonds. The van der Waals surface area contributed by atoms with Crippen molar-refractivity contribution in [2.75, 3.05) is 0 Å². The topological polar surface area (TPSA) is 40.9 Å². The summed E-state index contributed by atoms with van der Waals surface area (Å²) in [7, 11) is 0.